The number of carbonyl (C=O) groups is 1. The lowest BCUT2D eigenvalue weighted by molar-refractivity contribution is -0.142. The zero-order valence-corrected chi connectivity index (χ0v) is 19.8. The van der Waals surface area contributed by atoms with Gasteiger partial charge in [-0.2, -0.15) is 0 Å². The van der Waals surface area contributed by atoms with Gasteiger partial charge in [-0.25, -0.2) is 0 Å². The van der Waals surface area contributed by atoms with Crippen molar-refractivity contribution in [2.45, 2.75) is 45.6 Å². The Labute approximate surface area is 191 Å². The van der Waals surface area contributed by atoms with Crippen LogP contribution in [0.3, 0.4) is 0 Å². The quantitative estimate of drug-likeness (QED) is 0.356. The largest absolute Gasteiger partial charge is 0.493 e. The van der Waals surface area contributed by atoms with E-state index in [0.29, 0.717) is 13.2 Å². The van der Waals surface area contributed by atoms with Gasteiger partial charge >= 0.3 is 0 Å². The van der Waals surface area contributed by atoms with Crippen LogP contribution in [-0.2, 0) is 16.0 Å². The van der Waals surface area contributed by atoms with Gasteiger partial charge in [0.15, 0.2) is 17.5 Å². The van der Waals surface area contributed by atoms with Crippen LogP contribution in [0.25, 0.3) is 0 Å². The molecule has 1 atom stereocenters. The fourth-order valence-corrected chi connectivity index (χ4v) is 4.15. The maximum atomic E-state index is 12.6. The van der Waals surface area contributed by atoms with E-state index in [-0.39, 0.29) is 12.0 Å². The van der Waals surface area contributed by atoms with Crippen molar-refractivity contribution in [3.05, 3.63) is 23.8 Å². The summed E-state index contributed by atoms with van der Waals surface area (Å²) in [6, 6.07) is 6.10. The SMILES string of the molecule is CCNC(=NCCCc1ccc(OC)c(OCC)c1)N1CCN(C(=O)C2CCCO2)CC1. The fourth-order valence-electron chi connectivity index (χ4n) is 4.15. The monoisotopic (exact) mass is 446 g/mol. The Kier molecular flexibility index (Phi) is 9.46. The summed E-state index contributed by atoms with van der Waals surface area (Å²) in [5, 5.41) is 3.40. The van der Waals surface area contributed by atoms with Crippen LogP contribution in [0.5, 0.6) is 11.5 Å². The molecule has 0 radical (unpaired) electrons. The van der Waals surface area contributed by atoms with E-state index in [4.69, 9.17) is 19.2 Å². The summed E-state index contributed by atoms with van der Waals surface area (Å²) in [6.45, 7) is 9.96. The molecule has 0 bridgehead atoms. The number of amides is 1. The number of ether oxygens (including phenoxy) is 3. The predicted octanol–water partition coefficient (Wildman–Crippen LogP) is 2.32. The Hall–Kier alpha value is -2.48. The first-order valence-corrected chi connectivity index (χ1v) is 11.9. The van der Waals surface area contributed by atoms with Gasteiger partial charge in [-0.05, 0) is 57.2 Å². The maximum absolute atomic E-state index is 12.6. The van der Waals surface area contributed by atoms with Gasteiger partial charge < -0.3 is 29.3 Å². The molecule has 2 heterocycles. The average molecular weight is 447 g/mol. The molecule has 0 spiro atoms. The standard InChI is InChI=1S/C24H38N4O4/c1-4-25-24(28-15-13-27(14-16-28)23(29)21-9-7-17-32-21)26-12-6-8-19-10-11-20(30-3)22(18-19)31-5-2/h10-11,18,21H,4-9,12-17H2,1-3H3,(H,25,26). The molecule has 0 aliphatic carbocycles. The smallest absolute Gasteiger partial charge is 0.251 e. The topological polar surface area (TPSA) is 75.6 Å². The molecule has 3 rings (SSSR count). The number of hydrogen-bond acceptors (Lipinski definition) is 5. The van der Waals surface area contributed by atoms with E-state index in [2.05, 4.69) is 29.3 Å². The Morgan fingerprint density at radius 2 is 1.97 bits per heavy atom. The number of nitrogens with one attached hydrogen (secondary N) is 1. The van der Waals surface area contributed by atoms with Crippen molar-refractivity contribution < 1.29 is 19.0 Å². The van der Waals surface area contributed by atoms with Crippen LogP contribution in [0.1, 0.15) is 38.7 Å². The van der Waals surface area contributed by atoms with Gasteiger partial charge in [-0.15, -0.1) is 0 Å². The Bertz CT molecular complexity index is 756. The maximum Gasteiger partial charge on any atom is 0.251 e. The average Bonchev–Trinajstić information content (AvgIpc) is 3.36. The van der Waals surface area contributed by atoms with E-state index < -0.39 is 0 Å². The third kappa shape index (κ3) is 6.51. The molecule has 2 aliphatic rings. The lowest BCUT2D eigenvalue weighted by Gasteiger charge is -2.37. The normalized spacial score (nSPS) is 19.2. The second-order valence-electron chi connectivity index (χ2n) is 8.07. The van der Waals surface area contributed by atoms with Crippen molar-refractivity contribution in [2.75, 3.05) is 59.6 Å². The molecule has 32 heavy (non-hydrogen) atoms. The predicted molar refractivity (Wildman–Crippen MR) is 126 cm³/mol. The number of guanidine groups is 1. The third-order valence-electron chi connectivity index (χ3n) is 5.84. The number of carbonyl (C=O) groups excluding carboxylic acids is 1. The van der Waals surface area contributed by atoms with Crippen molar-refractivity contribution in [3.63, 3.8) is 0 Å². The van der Waals surface area contributed by atoms with Crippen molar-refractivity contribution in [1.82, 2.24) is 15.1 Å². The number of methoxy groups -OCH3 is 1. The molecule has 8 heteroatoms. The minimum absolute atomic E-state index is 0.148. The van der Waals surface area contributed by atoms with Crippen LogP contribution in [0.4, 0.5) is 0 Å². The summed E-state index contributed by atoms with van der Waals surface area (Å²) in [7, 11) is 1.66. The zero-order valence-electron chi connectivity index (χ0n) is 19.8. The number of piperazine rings is 1. The minimum atomic E-state index is -0.232. The van der Waals surface area contributed by atoms with Gasteiger partial charge in [0.25, 0.3) is 5.91 Å². The zero-order chi connectivity index (χ0) is 22.8. The number of nitrogens with zero attached hydrogens (tertiary/aromatic N) is 3. The summed E-state index contributed by atoms with van der Waals surface area (Å²) in [5.74, 6) is 2.64. The molecule has 1 aromatic rings. The second-order valence-corrected chi connectivity index (χ2v) is 8.07. The summed E-state index contributed by atoms with van der Waals surface area (Å²) in [5.41, 5.74) is 1.22. The number of benzene rings is 1. The molecule has 1 unspecified atom stereocenters. The van der Waals surface area contributed by atoms with Crippen LogP contribution in [0.2, 0.25) is 0 Å². The third-order valence-corrected chi connectivity index (χ3v) is 5.84. The lowest BCUT2D eigenvalue weighted by atomic mass is 10.1. The van der Waals surface area contributed by atoms with Crippen molar-refractivity contribution in [3.8, 4) is 11.5 Å². The van der Waals surface area contributed by atoms with E-state index in [1.807, 2.05) is 17.9 Å². The van der Waals surface area contributed by atoms with Crippen LogP contribution in [0, 0.1) is 0 Å². The molecule has 178 valence electrons. The van der Waals surface area contributed by atoms with Gasteiger partial charge in [-0.3, -0.25) is 9.79 Å². The first-order chi connectivity index (χ1) is 15.7. The Morgan fingerprint density at radius 3 is 2.62 bits per heavy atom. The molecule has 2 aliphatic heterocycles. The van der Waals surface area contributed by atoms with Crippen LogP contribution in [0.15, 0.2) is 23.2 Å². The summed E-state index contributed by atoms with van der Waals surface area (Å²) in [6.07, 6.45) is 3.48. The number of hydrogen-bond donors (Lipinski definition) is 1. The molecule has 1 aromatic carbocycles. The molecule has 2 saturated heterocycles. The van der Waals surface area contributed by atoms with E-state index in [1.54, 1.807) is 7.11 Å². The molecule has 8 nitrogen and oxygen atoms in total. The highest BCUT2D eigenvalue weighted by molar-refractivity contribution is 5.82. The molecule has 0 saturated carbocycles. The highest BCUT2D eigenvalue weighted by atomic mass is 16.5. The van der Waals surface area contributed by atoms with E-state index in [0.717, 1.165) is 82.4 Å². The number of aliphatic imine (C=N–C) groups is 1. The molecule has 2 fully saturated rings. The summed E-state index contributed by atoms with van der Waals surface area (Å²) >= 11 is 0. The minimum Gasteiger partial charge on any atom is -0.493 e. The van der Waals surface area contributed by atoms with Crippen LogP contribution < -0.4 is 14.8 Å². The lowest BCUT2D eigenvalue weighted by Crippen LogP contribution is -2.55. The van der Waals surface area contributed by atoms with Crippen LogP contribution in [-0.4, -0.2) is 87.4 Å². The number of aryl methyl sites for hydroxylation is 1. The van der Waals surface area contributed by atoms with Gasteiger partial charge in [0.05, 0.1) is 13.7 Å². The Morgan fingerprint density at radius 1 is 1.19 bits per heavy atom. The molecule has 0 aromatic heterocycles. The summed E-state index contributed by atoms with van der Waals surface area (Å²) < 4.78 is 16.6. The summed E-state index contributed by atoms with van der Waals surface area (Å²) in [4.78, 5) is 21.6. The van der Waals surface area contributed by atoms with Gasteiger partial charge in [0.2, 0.25) is 0 Å². The van der Waals surface area contributed by atoms with Crippen molar-refractivity contribution >= 4 is 11.9 Å². The molecular formula is C24H38N4O4. The first-order valence-electron chi connectivity index (χ1n) is 11.9. The first kappa shape index (κ1) is 24.2. The molecular weight excluding hydrogens is 408 g/mol. The van der Waals surface area contributed by atoms with Crippen LogP contribution >= 0.6 is 0 Å². The number of rotatable bonds is 9. The highest BCUT2D eigenvalue weighted by Gasteiger charge is 2.30. The van der Waals surface area contributed by atoms with Gasteiger partial charge in [0.1, 0.15) is 6.10 Å². The van der Waals surface area contributed by atoms with Crippen molar-refractivity contribution in [1.29, 1.82) is 0 Å². The van der Waals surface area contributed by atoms with E-state index in [1.165, 1.54) is 5.56 Å². The molecule has 1 N–H and O–H groups in total. The van der Waals surface area contributed by atoms with E-state index >= 15 is 0 Å². The fraction of sp³-hybridized carbons (Fsp3) is 0.667. The van der Waals surface area contributed by atoms with Gasteiger partial charge in [0, 0.05) is 45.9 Å². The second kappa shape index (κ2) is 12.5. The highest BCUT2D eigenvalue weighted by Crippen LogP contribution is 2.28. The molecule has 1 amide bonds. The van der Waals surface area contributed by atoms with E-state index in [9.17, 15) is 4.79 Å². The van der Waals surface area contributed by atoms with Crippen molar-refractivity contribution in [2.24, 2.45) is 4.99 Å². The van der Waals surface area contributed by atoms with Gasteiger partial charge in [-0.1, -0.05) is 6.07 Å². The Balaban J connectivity index is 1.49.